The molecule has 0 radical (unpaired) electrons. The molecule has 0 spiro atoms. The fourth-order valence-electron chi connectivity index (χ4n) is 7.14. The Morgan fingerprint density at radius 1 is 0.659 bits per heavy atom. The van der Waals surface area contributed by atoms with Gasteiger partial charge in [0, 0.05) is 33.5 Å². The average molecular weight is 566 g/mol. The molecule has 4 nitrogen and oxygen atoms in total. The molecular weight excluding hydrogens is 538 g/mol. The lowest BCUT2D eigenvalue weighted by atomic mass is 9.83. The van der Waals surface area contributed by atoms with Crippen LogP contribution >= 0.6 is 0 Å². The van der Waals surface area contributed by atoms with Gasteiger partial charge in [-0.1, -0.05) is 97.1 Å². The van der Waals surface area contributed by atoms with Gasteiger partial charge in [-0.05, 0) is 76.9 Å². The molecule has 1 aliphatic heterocycles. The normalized spacial score (nSPS) is 14.8. The smallest absolute Gasteiger partial charge is 0.263 e. The molecule has 8 aromatic rings. The zero-order valence-corrected chi connectivity index (χ0v) is 23.9. The lowest BCUT2D eigenvalue weighted by Crippen LogP contribution is -2.15. The minimum absolute atomic E-state index is 0.00129. The maximum atomic E-state index is 13.6. The van der Waals surface area contributed by atoms with Crippen LogP contribution in [-0.2, 0) is 6.42 Å². The highest BCUT2D eigenvalue weighted by atomic mass is 16.1. The fourth-order valence-corrected chi connectivity index (χ4v) is 7.14. The summed E-state index contributed by atoms with van der Waals surface area (Å²) in [4.78, 5) is 23.5. The van der Waals surface area contributed by atoms with Crippen molar-refractivity contribution in [2.24, 2.45) is 4.99 Å². The van der Waals surface area contributed by atoms with Gasteiger partial charge in [0.05, 0.1) is 22.2 Å². The maximum absolute atomic E-state index is 13.6. The van der Waals surface area contributed by atoms with Crippen LogP contribution in [0.15, 0.2) is 143 Å². The minimum atomic E-state index is -0.00129. The Balaban J connectivity index is 1.11. The Hall–Kier alpha value is -5.61. The molecule has 0 bridgehead atoms. The first-order chi connectivity index (χ1) is 21.7. The number of aliphatic imine (C=N–C) groups is 1. The predicted octanol–water partition coefficient (Wildman–Crippen LogP) is 9.11. The van der Waals surface area contributed by atoms with E-state index < -0.39 is 0 Å². The molecule has 0 saturated heterocycles. The van der Waals surface area contributed by atoms with Crippen LogP contribution in [0.1, 0.15) is 29.0 Å². The number of hydrogen-bond donors (Lipinski definition) is 0. The molecule has 1 atom stereocenters. The summed E-state index contributed by atoms with van der Waals surface area (Å²) < 4.78 is 1.84. The van der Waals surface area contributed by atoms with Gasteiger partial charge in [0.25, 0.3) is 5.56 Å². The van der Waals surface area contributed by atoms with E-state index in [9.17, 15) is 4.79 Å². The van der Waals surface area contributed by atoms with Gasteiger partial charge in [0.15, 0.2) is 0 Å². The van der Waals surface area contributed by atoms with Gasteiger partial charge in [-0.25, -0.2) is 0 Å². The SMILES string of the molecule is O=c1c2ccccc2c2nccc3c4cc(-c5ccc(C6=Nc7ccccc7C(Cc7ccccc7)C6)cc5)ccc4n1c32. The van der Waals surface area contributed by atoms with Crippen molar-refractivity contribution in [2.45, 2.75) is 18.8 Å². The van der Waals surface area contributed by atoms with Crippen molar-refractivity contribution in [3.8, 4) is 11.1 Å². The van der Waals surface area contributed by atoms with Crippen LogP contribution in [0.4, 0.5) is 5.69 Å². The number of benzene rings is 5. The molecule has 0 amide bonds. The zero-order chi connectivity index (χ0) is 29.2. The van der Waals surface area contributed by atoms with Crippen molar-refractivity contribution >= 4 is 49.5 Å². The maximum Gasteiger partial charge on any atom is 0.263 e. The second-order valence-electron chi connectivity index (χ2n) is 11.8. The average Bonchev–Trinajstić information content (AvgIpc) is 3.42. The molecule has 208 valence electrons. The van der Waals surface area contributed by atoms with E-state index in [0.717, 1.165) is 73.6 Å². The summed E-state index contributed by atoms with van der Waals surface area (Å²) in [5, 5.41) is 3.69. The van der Waals surface area contributed by atoms with Crippen molar-refractivity contribution in [1.29, 1.82) is 0 Å². The second kappa shape index (κ2) is 9.72. The topological polar surface area (TPSA) is 46.7 Å². The van der Waals surface area contributed by atoms with Crippen LogP contribution in [0.5, 0.6) is 0 Å². The number of hydrogen-bond acceptors (Lipinski definition) is 3. The van der Waals surface area contributed by atoms with Crippen molar-refractivity contribution in [3.05, 3.63) is 161 Å². The third-order valence-electron chi connectivity index (χ3n) is 9.24. The molecule has 0 fully saturated rings. The van der Waals surface area contributed by atoms with Crippen LogP contribution in [0.25, 0.3) is 49.2 Å². The summed E-state index contributed by atoms with van der Waals surface area (Å²) in [6.45, 7) is 0. The Kier molecular flexibility index (Phi) is 5.51. The van der Waals surface area contributed by atoms with Crippen molar-refractivity contribution in [2.75, 3.05) is 0 Å². The Bertz CT molecular complexity index is 2460. The molecular formula is C40H27N3O. The number of pyridine rings is 2. The highest BCUT2D eigenvalue weighted by molar-refractivity contribution is 6.19. The van der Waals surface area contributed by atoms with Crippen LogP contribution in [0.2, 0.25) is 0 Å². The molecule has 0 aliphatic carbocycles. The lowest BCUT2D eigenvalue weighted by Gasteiger charge is -2.25. The minimum Gasteiger partial charge on any atom is -0.273 e. The lowest BCUT2D eigenvalue weighted by molar-refractivity contribution is 0.705. The molecule has 0 saturated carbocycles. The summed E-state index contributed by atoms with van der Waals surface area (Å²) >= 11 is 0. The van der Waals surface area contributed by atoms with Gasteiger partial charge in [-0.3, -0.25) is 19.2 Å². The van der Waals surface area contributed by atoms with E-state index in [0.29, 0.717) is 11.3 Å². The summed E-state index contributed by atoms with van der Waals surface area (Å²) in [6.07, 6.45) is 3.75. The monoisotopic (exact) mass is 565 g/mol. The van der Waals surface area contributed by atoms with E-state index in [1.807, 2.05) is 40.9 Å². The Morgan fingerprint density at radius 2 is 1.39 bits per heavy atom. The standard InChI is InChI=1S/C40H27N3O/c44-40-33-12-5-4-11-31(33)38-39-32(20-21-41-38)34-23-28(18-19-37(34)43(39)40)26-14-16-27(17-15-26)36-24-29(22-25-8-2-1-3-9-25)30-10-6-7-13-35(30)42-36/h1-21,23,29H,22,24H2. The summed E-state index contributed by atoms with van der Waals surface area (Å²) in [6, 6.07) is 44.3. The number of nitrogens with zero attached hydrogens (tertiary/aromatic N) is 3. The van der Waals surface area contributed by atoms with Gasteiger partial charge < -0.3 is 0 Å². The van der Waals surface area contributed by atoms with Crippen LogP contribution < -0.4 is 5.56 Å². The highest BCUT2D eigenvalue weighted by Gasteiger charge is 2.24. The van der Waals surface area contributed by atoms with E-state index >= 15 is 0 Å². The third kappa shape index (κ3) is 3.81. The van der Waals surface area contributed by atoms with Gasteiger partial charge in [0.2, 0.25) is 0 Å². The highest BCUT2D eigenvalue weighted by Crippen LogP contribution is 2.39. The van der Waals surface area contributed by atoms with E-state index in [1.165, 1.54) is 11.1 Å². The number of fused-ring (bicyclic) bond motifs is 6. The quantitative estimate of drug-likeness (QED) is 0.200. The van der Waals surface area contributed by atoms with E-state index in [2.05, 4.69) is 97.1 Å². The fraction of sp³-hybridized carbons (Fsp3) is 0.0750. The van der Waals surface area contributed by atoms with Crippen LogP contribution in [-0.4, -0.2) is 15.1 Å². The summed E-state index contributed by atoms with van der Waals surface area (Å²) in [5.74, 6) is 0.386. The van der Waals surface area contributed by atoms with Gasteiger partial charge in [-0.15, -0.1) is 0 Å². The number of rotatable bonds is 4. The third-order valence-corrected chi connectivity index (χ3v) is 9.24. The van der Waals surface area contributed by atoms with Crippen molar-refractivity contribution < 1.29 is 0 Å². The first kappa shape index (κ1) is 24.9. The molecule has 9 rings (SSSR count). The van der Waals surface area contributed by atoms with Gasteiger partial charge in [-0.2, -0.15) is 0 Å². The largest absolute Gasteiger partial charge is 0.273 e. The van der Waals surface area contributed by atoms with Crippen molar-refractivity contribution in [1.82, 2.24) is 9.38 Å². The number of para-hydroxylation sites is 1. The van der Waals surface area contributed by atoms with Crippen molar-refractivity contribution in [3.63, 3.8) is 0 Å². The van der Waals surface area contributed by atoms with E-state index in [4.69, 9.17) is 9.98 Å². The first-order valence-electron chi connectivity index (χ1n) is 15.1. The van der Waals surface area contributed by atoms with Gasteiger partial charge >= 0.3 is 0 Å². The Morgan fingerprint density at radius 3 is 2.25 bits per heavy atom. The summed E-state index contributed by atoms with van der Waals surface area (Å²) in [7, 11) is 0. The molecule has 5 aromatic carbocycles. The molecule has 44 heavy (non-hydrogen) atoms. The number of aromatic nitrogens is 2. The predicted molar refractivity (Wildman–Crippen MR) is 181 cm³/mol. The molecule has 4 heterocycles. The second-order valence-corrected chi connectivity index (χ2v) is 11.8. The molecule has 4 heteroatoms. The Labute approximate surface area is 253 Å². The van der Waals surface area contributed by atoms with E-state index in [1.54, 1.807) is 0 Å². The molecule has 0 N–H and O–H groups in total. The summed E-state index contributed by atoms with van der Waals surface area (Å²) in [5.41, 5.74) is 10.9. The van der Waals surface area contributed by atoms with E-state index in [-0.39, 0.29) is 5.56 Å². The van der Waals surface area contributed by atoms with Crippen LogP contribution in [0.3, 0.4) is 0 Å². The molecule has 1 unspecified atom stereocenters. The first-order valence-corrected chi connectivity index (χ1v) is 15.1. The van der Waals surface area contributed by atoms with Gasteiger partial charge in [0.1, 0.15) is 0 Å². The molecule has 1 aliphatic rings. The zero-order valence-electron chi connectivity index (χ0n) is 23.9. The molecule has 3 aromatic heterocycles. The van der Waals surface area contributed by atoms with Crippen LogP contribution in [0, 0.1) is 0 Å².